The largest absolute Gasteiger partial charge is 0.497 e. The van der Waals surface area contributed by atoms with Crippen molar-refractivity contribution in [1.29, 1.82) is 0 Å². The van der Waals surface area contributed by atoms with E-state index in [0.29, 0.717) is 11.2 Å². The predicted molar refractivity (Wildman–Crippen MR) is 341 cm³/mol. The van der Waals surface area contributed by atoms with Crippen molar-refractivity contribution in [2.24, 2.45) is 5.41 Å². The van der Waals surface area contributed by atoms with Crippen LogP contribution in [0.2, 0.25) is 35.8 Å². The lowest BCUT2D eigenvalue weighted by atomic mass is 9.58. The third kappa shape index (κ3) is 12.2. The molecule has 3 atom stereocenters. The molecule has 0 amide bonds. The van der Waals surface area contributed by atoms with Crippen LogP contribution in [0, 0.1) is 19.3 Å². The Hall–Kier alpha value is -5.84. The van der Waals surface area contributed by atoms with Crippen molar-refractivity contribution in [3.05, 3.63) is 148 Å². The van der Waals surface area contributed by atoms with Crippen LogP contribution in [-0.2, 0) is 34.5 Å². The van der Waals surface area contributed by atoms with E-state index in [2.05, 4.69) is 155 Å². The Morgan fingerprint density at radius 1 is 0.747 bits per heavy atom. The Balaban J connectivity index is 1.01. The van der Waals surface area contributed by atoms with E-state index < -0.39 is 40.6 Å². The van der Waals surface area contributed by atoms with E-state index in [1.54, 1.807) is 26.0 Å². The van der Waals surface area contributed by atoms with E-state index in [1.165, 1.54) is 51.1 Å². The van der Waals surface area contributed by atoms with Crippen molar-refractivity contribution >= 4 is 57.7 Å². The molecule has 83 heavy (non-hydrogen) atoms. The molecule has 1 saturated carbocycles. The van der Waals surface area contributed by atoms with Gasteiger partial charge in [0.25, 0.3) is 0 Å². The van der Waals surface area contributed by atoms with E-state index in [4.69, 9.17) is 32.8 Å². The van der Waals surface area contributed by atoms with Gasteiger partial charge in [0, 0.05) is 38.4 Å². The van der Waals surface area contributed by atoms with Crippen LogP contribution >= 0.6 is 11.8 Å². The number of benzene rings is 6. The molecule has 0 radical (unpaired) electrons. The highest BCUT2D eigenvalue weighted by Gasteiger charge is 2.52. The van der Waals surface area contributed by atoms with E-state index >= 15 is 0 Å². The van der Waals surface area contributed by atoms with Crippen LogP contribution in [-0.4, -0.2) is 67.6 Å². The number of carbonyl (C=O) groups is 2. The van der Waals surface area contributed by atoms with Gasteiger partial charge in [-0.3, -0.25) is 9.59 Å². The number of hydrogen-bond acceptors (Lipinski definition) is 11. The number of aliphatic hydroxyl groups is 1. The lowest BCUT2D eigenvalue weighted by Gasteiger charge is -2.47. The van der Waals surface area contributed by atoms with Gasteiger partial charge in [-0.05, 0) is 149 Å². The molecule has 13 heteroatoms. The zero-order valence-corrected chi connectivity index (χ0v) is 54.8. The highest BCUT2D eigenvalue weighted by Crippen LogP contribution is 2.65. The molecule has 1 N–H and O–H groups in total. The molecule has 3 unspecified atom stereocenters. The van der Waals surface area contributed by atoms with E-state index in [-0.39, 0.29) is 47.6 Å². The number of rotatable bonds is 20. The highest BCUT2D eigenvalue weighted by atomic mass is 32.2. The topological polar surface area (TPSA) is 119 Å². The van der Waals surface area contributed by atoms with Crippen LogP contribution in [0.4, 0.5) is 0 Å². The van der Waals surface area contributed by atoms with Crippen LogP contribution in [0.15, 0.2) is 119 Å². The molecule has 0 bridgehead atoms. The smallest absolute Gasteiger partial charge is 0.314 e. The Kier molecular flexibility index (Phi) is 17.8. The van der Waals surface area contributed by atoms with Gasteiger partial charge < -0.3 is 38.0 Å². The molecule has 0 aromatic heterocycles. The summed E-state index contributed by atoms with van der Waals surface area (Å²) in [5.41, 5.74) is 9.77. The second-order valence-corrected chi connectivity index (χ2v) is 35.9. The third-order valence-electron chi connectivity index (χ3n) is 19.3. The molecule has 442 valence electrons. The first-order valence-corrected chi connectivity index (χ1v) is 36.1. The summed E-state index contributed by atoms with van der Waals surface area (Å²) in [5.74, 6) is -0.438. The van der Waals surface area contributed by atoms with Crippen molar-refractivity contribution < 1.29 is 47.5 Å². The maximum atomic E-state index is 13.3. The quantitative estimate of drug-likeness (QED) is 0.0341. The van der Waals surface area contributed by atoms with Gasteiger partial charge in [0.05, 0.1) is 40.8 Å². The van der Waals surface area contributed by atoms with Crippen molar-refractivity contribution in [3.63, 3.8) is 0 Å². The monoisotopic (exact) mass is 1180 g/mol. The molecule has 1 fully saturated rings. The second-order valence-electron chi connectivity index (χ2n) is 26.2. The first-order chi connectivity index (χ1) is 39.2. The van der Waals surface area contributed by atoms with Crippen LogP contribution < -0.4 is 18.9 Å². The lowest BCUT2D eigenvalue weighted by Crippen LogP contribution is -2.53. The molecule has 6 aromatic rings. The summed E-state index contributed by atoms with van der Waals surface area (Å²) in [7, 11) is -0.765. The maximum Gasteiger partial charge on any atom is 0.314 e. The molecule has 2 aliphatic carbocycles. The van der Waals surface area contributed by atoms with Gasteiger partial charge in [-0.1, -0.05) is 159 Å². The summed E-state index contributed by atoms with van der Waals surface area (Å²) in [4.78, 5) is 28.5. The van der Waals surface area contributed by atoms with Crippen LogP contribution in [0.3, 0.4) is 0 Å². The van der Waals surface area contributed by atoms with E-state index in [0.717, 1.165) is 75.3 Å². The minimum Gasteiger partial charge on any atom is -0.497 e. The summed E-state index contributed by atoms with van der Waals surface area (Å²) in [6.07, 6.45) is 10.9. The molecule has 10 nitrogen and oxygen atoms in total. The molecule has 9 rings (SSSR count). The van der Waals surface area contributed by atoms with Gasteiger partial charge in [0.15, 0.2) is 13.9 Å². The normalized spacial score (nSPS) is 18.1. The number of methoxy groups -OCH3 is 2. The minimum absolute atomic E-state index is 0.0317. The molecule has 1 spiro atoms. The first-order valence-electron chi connectivity index (χ1n) is 29.9. The second kappa shape index (κ2) is 23.9. The maximum absolute atomic E-state index is 13.3. The third-order valence-corrected chi connectivity index (χ3v) is 29.2. The fraction of sp³-hybridized carbons (Fsp3) is 0.457. The molecule has 0 saturated heterocycles. The van der Waals surface area contributed by atoms with Gasteiger partial charge >= 0.3 is 17.9 Å². The van der Waals surface area contributed by atoms with Gasteiger partial charge in [-0.15, -0.1) is 0 Å². The summed E-state index contributed by atoms with van der Waals surface area (Å²) in [6.45, 7) is 27.9. The fourth-order valence-electron chi connectivity index (χ4n) is 12.5. The van der Waals surface area contributed by atoms with Crippen molar-refractivity contribution in [1.82, 2.24) is 0 Å². The Bertz CT molecular complexity index is 3360. The number of carbonyl (C=O) groups excluding carboxylic acids is 2. The van der Waals surface area contributed by atoms with Gasteiger partial charge in [-0.2, -0.15) is 0 Å². The lowest BCUT2D eigenvalue weighted by molar-refractivity contribution is -0.296. The first kappa shape index (κ1) is 61.7. The Morgan fingerprint density at radius 3 is 1.95 bits per heavy atom. The number of esters is 2. The molecular formula is C70H88O10SSi2. The molecular weight excluding hydrogens is 1090 g/mol. The molecule has 1 heterocycles. The standard InChI is InChI=1S/C70H88O10SSi2/c1-16-67(17-2)37-39-68(40-38-67)56-24-19-18-23-52(56)61-54-44-58(81-64-46(3)21-20-22-47(64)4)57(75-12)43-55(54)63-53(62(61)68)35-36-69(79-63,48-25-29-50(74-11)30-26-48)49-27-31-51(32-28-49)76-41-42-77-59(71)33-34-60(72)78-70(73,45-82(13)65(5,6)7)80-83(14,15)66(8,9)10/h18-32,35-36,43-44,73,82H,16-17,33-34,37-42,45H2,1-15H3. The zero-order chi connectivity index (χ0) is 59.9. The van der Waals surface area contributed by atoms with Gasteiger partial charge in [-0.25, -0.2) is 0 Å². The SMILES string of the molecule is CCC1(CC)CCC2(CC1)c1ccccc1-c1c2c2c(c3cc(OC)c(Sc4c(C)cccc4C)cc13)OC(c1ccc(OC)cc1)(c1ccc(OCCOC(=O)CCC(=O)OC(O)(C[SiH](C)C(C)(C)C)O[Si](C)(C)C(C)(C)C)cc1)C=C2. The zero-order valence-electron chi connectivity index (χ0n) is 51.9. The highest BCUT2D eigenvalue weighted by molar-refractivity contribution is 7.99. The summed E-state index contributed by atoms with van der Waals surface area (Å²) < 4.78 is 43.7. The average molecular weight is 1180 g/mol. The number of hydrogen-bond donors (Lipinski definition) is 1. The minimum atomic E-state index is -2.55. The summed E-state index contributed by atoms with van der Waals surface area (Å²) in [5, 5.41) is 13.6. The van der Waals surface area contributed by atoms with Crippen LogP contribution in [0.1, 0.15) is 146 Å². The van der Waals surface area contributed by atoms with Gasteiger partial charge in [0.2, 0.25) is 0 Å². The average Bonchev–Trinajstić information content (AvgIpc) is 1.66. The fourth-order valence-corrected chi connectivity index (χ4v) is 16.5. The molecule has 3 aliphatic rings. The Morgan fingerprint density at radius 2 is 1.36 bits per heavy atom. The summed E-state index contributed by atoms with van der Waals surface area (Å²) >= 11 is 1.76. The number of aryl methyl sites for hydroxylation is 2. The van der Waals surface area contributed by atoms with Crippen LogP contribution in [0.25, 0.3) is 28.0 Å². The Labute approximate surface area is 500 Å². The van der Waals surface area contributed by atoms with E-state index in [9.17, 15) is 14.7 Å². The van der Waals surface area contributed by atoms with Crippen LogP contribution in [0.5, 0.6) is 23.0 Å². The van der Waals surface area contributed by atoms with Crippen molar-refractivity contribution in [2.45, 2.75) is 183 Å². The summed E-state index contributed by atoms with van der Waals surface area (Å²) in [6, 6.07) is 36.5. The predicted octanol–water partition coefficient (Wildman–Crippen LogP) is 17.2. The molecule has 6 aromatic carbocycles. The number of ether oxygens (including phenoxy) is 6. The molecule has 1 aliphatic heterocycles. The van der Waals surface area contributed by atoms with Crippen molar-refractivity contribution in [2.75, 3.05) is 27.4 Å². The number of fused-ring (bicyclic) bond motifs is 10. The van der Waals surface area contributed by atoms with Gasteiger partial charge in [0.1, 0.15) is 36.2 Å². The van der Waals surface area contributed by atoms with Crippen molar-refractivity contribution in [3.8, 4) is 34.1 Å². The van der Waals surface area contributed by atoms with E-state index in [1.807, 2.05) is 49.5 Å².